The molecule has 1 fully saturated rings. The molecule has 0 amide bonds. The molecule has 3 rings (SSSR count). The molecule has 1 saturated heterocycles. The van der Waals surface area contributed by atoms with E-state index < -0.39 is 0 Å². The summed E-state index contributed by atoms with van der Waals surface area (Å²) in [7, 11) is 0. The number of fused-ring (bicyclic) bond motifs is 1. The van der Waals surface area contributed by atoms with Crippen molar-refractivity contribution in [3.05, 3.63) is 24.3 Å². The monoisotopic (exact) mass is 261 g/mol. The minimum Gasteiger partial charge on any atom is -0.379 e. The highest BCUT2D eigenvalue weighted by atomic mass is 16.5. The van der Waals surface area contributed by atoms with E-state index in [2.05, 4.69) is 25.9 Å². The van der Waals surface area contributed by atoms with E-state index in [1.165, 1.54) is 0 Å². The molecule has 0 spiro atoms. The summed E-state index contributed by atoms with van der Waals surface area (Å²) in [5.74, 6) is 6.27. The second-order valence-electron chi connectivity index (χ2n) is 4.67. The highest BCUT2D eigenvalue weighted by Crippen LogP contribution is 2.18. The second-order valence-corrected chi connectivity index (χ2v) is 4.67. The van der Waals surface area contributed by atoms with Crippen LogP contribution in [-0.4, -0.2) is 47.3 Å². The first-order valence-corrected chi connectivity index (χ1v) is 6.60. The summed E-state index contributed by atoms with van der Waals surface area (Å²) in [5, 5.41) is 0. The van der Waals surface area contributed by atoms with Crippen molar-refractivity contribution < 1.29 is 4.74 Å². The van der Waals surface area contributed by atoms with Crippen molar-refractivity contribution in [2.75, 3.05) is 38.3 Å². The molecule has 102 valence electrons. The van der Waals surface area contributed by atoms with Gasteiger partial charge in [0, 0.05) is 26.2 Å². The summed E-state index contributed by atoms with van der Waals surface area (Å²) in [4.78, 5) is 6.88. The lowest BCUT2D eigenvalue weighted by molar-refractivity contribution is 0.0366. The zero-order chi connectivity index (χ0) is 13.1. The Morgan fingerprint density at radius 2 is 2.00 bits per heavy atom. The summed E-state index contributed by atoms with van der Waals surface area (Å²) < 4.78 is 7.49. The molecule has 0 atom stereocenters. The highest BCUT2D eigenvalue weighted by molar-refractivity contribution is 5.78. The maximum Gasteiger partial charge on any atom is 0.218 e. The minimum atomic E-state index is 0.717. The van der Waals surface area contributed by atoms with Crippen LogP contribution < -0.4 is 11.3 Å². The summed E-state index contributed by atoms with van der Waals surface area (Å²) in [6.45, 7) is 5.51. The molecule has 1 aliphatic heterocycles. The fraction of sp³-hybridized carbons (Fsp3) is 0.462. The summed E-state index contributed by atoms with van der Waals surface area (Å²) in [5.41, 5.74) is 4.77. The third-order valence-corrected chi connectivity index (χ3v) is 3.53. The molecule has 0 radical (unpaired) electrons. The molecule has 6 heteroatoms. The van der Waals surface area contributed by atoms with E-state index in [1.807, 2.05) is 18.2 Å². The first-order valence-electron chi connectivity index (χ1n) is 6.60. The average Bonchev–Trinajstić information content (AvgIpc) is 2.84. The largest absolute Gasteiger partial charge is 0.379 e. The maximum atomic E-state index is 5.56. The van der Waals surface area contributed by atoms with Gasteiger partial charge in [-0.15, -0.1) is 0 Å². The van der Waals surface area contributed by atoms with Gasteiger partial charge in [-0.25, -0.2) is 10.8 Å². The molecule has 0 unspecified atom stereocenters. The van der Waals surface area contributed by atoms with Crippen LogP contribution in [0.4, 0.5) is 5.95 Å². The van der Waals surface area contributed by atoms with Gasteiger partial charge < -0.3 is 9.30 Å². The van der Waals surface area contributed by atoms with Gasteiger partial charge in [-0.1, -0.05) is 12.1 Å². The predicted molar refractivity (Wildman–Crippen MR) is 74.8 cm³/mol. The average molecular weight is 261 g/mol. The van der Waals surface area contributed by atoms with Crippen LogP contribution >= 0.6 is 0 Å². The van der Waals surface area contributed by atoms with Crippen molar-refractivity contribution in [2.24, 2.45) is 5.84 Å². The van der Waals surface area contributed by atoms with E-state index in [-0.39, 0.29) is 0 Å². The Kier molecular flexibility index (Phi) is 3.63. The second kappa shape index (κ2) is 5.56. The quantitative estimate of drug-likeness (QED) is 0.625. The third kappa shape index (κ3) is 2.56. The molecule has 1 aromatic carbocycles. The Morgan fingerprint density at radius 1 is 1.21 bits per heavy atom. The fourth-order valence-electron chi connectivity index (χ4n) is 2.48. The number of nitrogen functional groups attached to an aromatic ring is 1. The van der Waals surface area contributed by atoms with Crippen LogP contribution in [0.25, 0.3) is 11.0 Å². The zero-order valence-corrected chi connectivity index (χ0v) is 10.9. The van der Waals surface area contributed by atoms with Crippen molar-refractivity contribution in [1.82, 2.24) is 14.5 Å². The molecule has 0 saturated carbocycles. The number of anilines is 1. The molecule has 2 aromatic rings. The van der Waals surface area contributed by atoms with Crippen LogP contribution in [0.2, 0.25) is 0 Å². The molecule has 3 N–H and O–H groups in total. The Balaban J connectivity index is 1.78. The van der Waals surface area contributed by atoms with Crippen molar-refractivity contribution in [2.45, 2.75) is 6.54 Å². The van der Waals surface area contributed by atoms with Gasteiger partial charge in [-0.2, -0.15) is 0 Å². The van der Waals surface area contributed by atoms with Gasteiger partial charge in [0.15, 0.2) is 0 Å². The number of rotatable bonds is 4. The summed E-state index contributed by atoms with van der Waals surface area (Å²) in [6, 6.07) is 8.08. The highest BCUT2D eigenvalue weighted by Gasteiger charge is 2.13. The molecular weight excluding hydrogens is 242 g/mol. The van der Waals surface area contributed by atoms with Gasteiger partial charge in [-0.05, 0) is 12.1 Å². The smallest absolute Gasteiger partial charge is 0.218 e. The van der Waals surface area contributed by atoms with Gasteiger partial charge in [0.2, 0.25) is 5.95 Å². The number of hydrogen-bond acceptors (Lipinski definition) is 5. The van der Waals surface area contributed by atoms with Crippen LogP contribution in [0.15, 0.2) is 24.3 Å². The minimum absolute atomic E-state index is 0.717. The number of nitrogens with zero attached hydrogens (tertiary/aromatic N) is 3. The third-order valence-electron chi connectivity index (χ3n) is 3.53. The Morgan fingerprint density at radius 3 is 2.79 bits per heavy atom. The number of morpholine rings is 1. The van der Waals surface area contributed by atoms with Gasteiger partial charge in [0.05, 0.1) is 24.2 Å². The molecule has 0 aliphatic carbocycles. The van der Waals surface area contributed by atoms with Gasteiger partial charge >= 0.3 is 0 Å². The fourth-order valence-corrected chi connectivity index (χ4v) is 2.48. The standard InChI is InChI=1S/C13H19N5O/c14-16-13-15-11-3-1-2-4-12(11)18(13)6-5-17-7-9-19-10-8-17/h1-4H,5-10,14H2,(H,15,16). The molecular formula is C13H19N5O. The molecule has 0 bridgehead atoms. The van der Waals surface area contributed by atoms with E-state index in [4.69, 9.17) is 10.6 Å². The zero-order valence-electron chi connectivity index (χ0n) is 10.9. The number of nitrogens with one attached hydrogen (secondary N) is 1. The summed E-state index contributed by atoms with van der Waals surface area (Å²) in [6.07, 6.45) is 0. The number of imidazole rings is 1. The number of hydrogen-bond donors (Lipinski definition) is 2. The maximum absolute atomic E-state index is 5.56. The van der Waals surface area contributed by atoms with E-state index in [0.717, 1.165) is 56.4 Å². The van der Waals surface area contributed by atoms with Crippen LogP contribution in [0, 0.1) is 0 Å². The number of ether oxygens (including phenoxy) is 1. The molecule has 6 nitrogen and oxygen atoms in total. The normalized spacial score (nSPS) is 16.9. The van der Waals surface area contributed by atoms with Crippen molar-refractivity contribution in [3.8, 4) is 0 Å². The van der Waals surface area contributed by atoms with E-state index >= 15 is 0 Å². The van der Waals surface area contributed by atoms with Crippen molar-refractivity contribution >= 4 is 17.0 Å². The molecule has 1 aromatic heterocycles. The summed E-state index contributed by atoms with van der Waals surface area (Å²) >= 11 is 0. The van der Waals surface area contributed by atoms with E-state index in [0.29, 0.717) is 0 Å². The molecule has 2 heterocycles. The lowest BCUT2D eigenvalue weighted by Crippen LogP contribution is -2.38. The van der Waals surface area contributed by atoms with Gasteiger partial charge in [0.1, 0.15) is 0 Å². The van der Waals surface area contributed by atoms with Crippen molar-refractivity contribution in [1.29, 1.82) is 0 Å². The molecule has 1 aliphatic rings. The van der Waals surface area contributed by atoms with Gasteiger partial charge in [0.25, 0.3) is 0 Å². The number of hydrazine groups is 1. The number of benzene rings is 1. The lowest BCUT2D eigenvalue weighted by atomic mass is 10.3. The predicted octanol–water partition coefficient (Wildman–Crippen LogP) is 0.654. The van der Waals surface area contributed by atoms with Crippen LogP contribution in [0.5, 0.6) is 0 Å². The van der Waals surface area contributed by atoms with Crippen LogP contribution in [-0.2, 0) is 11.3 Å². The molecule has 19 heavy (non-hydrogen) atoms. The first kappa shape index (κ1) is 12.4. The lowest BCUT2D eigenvalue weighted by Gasteiger charge is -2.26. The Labute approximate surface area is 112 Å². The topological polar surface area (TPSA) is 68.3 Å². The van der Waals surface area contributed by atoms with Gasteiger partial charge in [-0.3, -0.25) is 10.3 Å². The number of aromatic nitrogens is 2. The van der Waals surface area contributed by atoms with Crippen LogP contribution in [0.3, 0.4) is 0 Å². The Hall–Kier alpha value is -1.63. The number of nitrogens with two attached hydrogens (primary N) is 1. The first-order chi connectivity index (χ1) is 9.38. The number of para-hydroxylation sites is 2. The van der Waals surface area contributed by atoms with Crippen LogP contribution in [0.1, 0.15) is 0 Å². The Bertz CT molecular complexity index is 547. The SMILES string of the molecule is NNc1nc2ccccc2n1CCN1CCOCC1. The van der Waals surface area contributed by atoms with Crippen molar-refractivity contribution in [3.63, 3.8) is 0 Å². The van der Waals surface area contributed by atoms with E-state index in [9.17, 15) is 0 Å². The van der Waals surface area contributed by atoms with E-state index in [1.54, 1.807) is 0 Å².